The summed E-state index contributed by atoms with van der Waals surface area (Å²) >= 11 is 3.27. The van der Waals surface area contributed by atoms with Crippen LogP contribution in [0.25, 0.3) is 0 Å². The first-order valence-corrected chi connectivity index (χ1v) is 10.3. The van der Waals surface area contributed by atoms with Crippen molar-refractivity contribution in [1.29, 1.82) is 0 Å². The number of hydrogen-bond acceptors (Lipinski definition) is 4. The molecule has 2 aromatic carbocycles. The van der Waals surface area contributed by atoms with Gasteiger partial charge in [-0.3, -0.25) is 9.52 Å². The molecule has 0 aliphatic heterocycles. The Hall–Kier alpha value is -2.58. The first-order chi connectivity index (χ1) is 12.8. The lowest BCUT2D eigenvalue weighted by Gasteiger charge is -2.16. The van der Waals surface area contributed by atoms with E-state index in [0.29, 0.717) is 23.6 Å². The summed E-state index contributed by atoms with van der Waals surface area (Å²) in [6.45, 7) is 0.320. The lowest BCUT2D eigenvalue weighted by molar-refractivity contribution is 0.0775. The number of amides is 1. The minimum atomic E-state index is -3.74. The lowest BCUT2D eigenvalue weighted by Crippen LogP contribution is -2.26. The molecule has 8 heteroatoms. The Morgan fingerprint density at radius 3 is 2.52 bits per heavy atom. The van der Waals surface area contributed by atoms with Gasteiger partial charge < -0.3 is 9.32 Å². The Kier molecular flexibility index (Phi) is 5.67. The van der Waals surface area contributed by atoms with Gasteiger partial charge in [-0.05, 0) is 54.6 Å². The highest BCUT2D eigenvalue weighted by Crippen LogP contribution is 2.20. The molecule has 0 unspecified atom stereocenters. The van der Waals surface area contributed by atoms with Crippen LogP contribution in [-0.4, -0.2) is 26.3 Å². The summed E-state index contributed by atoms with van der Waals surface area (Å²) in [5.74, 6) is 0.425. The average Bonchev–Trinajstić information content (AvgIpc) is 3.14. The number of rotatable bonds is 6. The first-order valence-electron chi connectivity index (χ1n) is 8.01. The second-order valence-corrected chi connectivity index (χ2v) is 8.48. The molecule has 0 aliphatic carbocycles. The second-order valence-electron chi connectivity index (χ2n) is 5.88. The number of halogens is 1. The van der Waals surface area contributed by atoms with Crippen molar-refractivity contribution in [2.24, 2.45) is 0 Å². The fourth-order valence-corrected chi connectivity index (χ4v) is 3.79. The summed E-state index contributed by atoms with van der Waals surface area (Å²) in [6, 6.07) is 16.2. The molecule has 0 spiro atoms. The van der Waals surface area contributed by atoms with Gasteiger partial charge in [0.05, 0.1) is 17.7 Å². The number of carbonyl (C=O) groups is 1. The van der Waals surface area contributed by atoms with E-state index in [2.05, 4.69) is 20.7 Å². The third kappa shape index (κ3) is 4.78. The van der Waals surface area contributed by atoms with Gasteiger partial charge in [-0.15, -0.1) is 0 Å². The van der Waals surface area contributed by atoms with Gasteiger partial charge in [0.1, 0.15) is 5.76 Å². The monoisotopic (exact) mass is 448 g/mol. The maximum atomic E-state index is 12.6. The van der Waals surface area contributed by atoms with Crippen LogP contribution in [-0.2, 0) is 16.6 Å². The van der Waals surface area contributed by atoms with Crippen LogP contribution in [0.3, 0.4) is 0 Å². The summed E-state index contributed by atoms with van der Waals surface area (Å²) in [5, 5.41) is 0. The summed E-state index contributed by atoms with van der Waals surface area (Å²) in [6.07, 6.45) is 1.55. The molecule has 0 radical (unpaired) electrons. The molecular formula is C19H17BrN2O4S. The van der Waals surface area contributed by atoms with Gasteiger partial charge in [-0.25, -0.2) is 8.42 Å². The predicted molar refractivity (Wildman–Crippen MR) is 106 cm³/mol. The van der Waals surface area contributed by atoms with E-state index in [1.807, 2.05) is 0 Å². The summed E-state index contributed by atoms with van der Waals surface area (Å²) in [7, 11) is -2.09. The molecule has 1 N–H and O–H groups in total. The number of benzene rings is 2. The van der Waals surface area contributed by atoms with Crippen molar-refractivity contribution in [3.05, 3.63) is 82.7 Å². The van der Waals surface area contributed by atoms with Crippen LogP contribution in [0, 0.1) is 0 Å². The van der Waals surface area contributed by atoms with E-state index < -0.39 is 10.0 Å². The van der Waals surface area contributed by atoms with Gasteiger partial charge in [-0.1, -0.05) is 22.0 Å². The molecule has 1 amide bonds. The third-order valence-electron chi connectivity index (χ3n) is 3.81. The van der Waals surface area contributed by atoms with Crippen LogP contribution < -0.4 is 4.72 Å². The Morgan fingerprint density at radius 1 is 1.11 bits per heavy atom. The Balaban J connectivity index is 1.76. The topological polar surface area (TPSA) is 79.6 Å². The van der Waals surface area contributed by atoms with Crippen LogP contribution >= 0.6 is 15.9 Å². The lowest BCUT2D eigenvalue weighted by atomic mass is 10.2. The molecular weight excluding hydrogens is 432 g/mol. The van der Waals surface area contributed by atoms with Gasteiger partial charge in [0, 0.05) is 22.8 Å². The zero-order valence-corrected chi connectivity index (χ0v) is 16.8. The van der Waals surface area contributed by atoms with Gasteiger partial charge in [0.2, 0.25) is 0 Å². The predicted octanol–water partition coefficient (Wildman–Crippen LogP) is 4.12. The number of anilines is 1. The molecule has 0 bridgehead atoms. The third-order valence-corrected chi connectivity index (χ3v) is 5.73. The van der Waals surface area contributed by atoms with Crippen LogP contribution in [0.1, 0.15) is 16.1 Å². The molecule has 0 aliphatic rings. The Labute approximate surface area is 166 Å². The van der Waals surface area contributed by atoms with Gasteiger partial charge >= 0.3 is 0 Å². The molecule has 27 heavy (non-hydrogen) atoms. The Bertz CT molecular complexity index is 1030. The summed E-state index contributed by atoms with van der Waals surface area (Å²) in [5.41, 5.74) is 0.690. The standard InChI is InChI=1S/C19H17BrN2O4S/c1-22(13-17-6-3-11-26-17)19(23)14-4-2-5-16(12-14)21-27(24,25)18-9-7-15(20)8-10-18/h2-12,21H,13H2,1H3. The first kappa shape index (κ1) is 19.2. The molecule has 6 nitrogen and oxygen atoms in total. The van der Waals surface area contributed by atoms with Crippen molar-refractivity contribution in [2.45, 2.75) is 11.4 Å². The highest BCUT2D eigenvalue weighted by molar-refractivity contribution is 9.10. The highest BCUT2D eigenvalue weighted by Gasteiger charge is 2.17. The molecule has 3 rings (SSSR count). The van der Waals surface area contributed by atoms with Crippen molar-refractivity contribution in [1.82, 2.24) is 4.90 Å². The van der Waals surface area contributed by atoms with E-state index in [1.165, 1.54) is 23.1 Å². The van der Waals surface area contributed by atoms with E-state index in [0.717, 1.165) is 4.47 Å². The van der Waals surface area contributed by atoms with Crippen molar-refractivity contribution in [3.63, 3.8) is 0 Å². The number of carbonyl (C=O) groups excluding carboxylic acids is 1. The van der Waals surface area contributed by atoms with E-state index in [9.17, 15) is 13.2 Å². The van der Waals surface area contributed by atoms with Gasteiger partial charge in [-0.2, -0.15) is 0 Å². The quantitative estimate of drug-likeness (QED) is 0.614. The molecule has 0 saturated heterocycles. The van der Waals surface area contributed by atoms with Crippen LogP contribution in [0.2, 0.25) is 0 Å². The fourth-order valence-electron chi connectivity index (χ4n) is 2.47. The maximum Gasteiger partial charge on any atom is 0.261 e. The fraction of sp³-hybridized carbons (Fsp3) is 0.105. The number of nitrogens with one attached hydrogen (secondary N) is 1. The van der Waals surface area contributed by atoms with Gasteiger partial charge in [0.15, 0.2) is 0 Å². The molecule has 140 valence electrons. The van der Waals surface area contributed by atoms with Crippen molar-refractivity contribution in [2.75, 3.05) is 11.8 Å². The van der Waals surface area contributed by atoms with Crippen LogP contribution in [0.15, 0.2) is 80.7 Å². The van der Waals surface area contributed by atoms with Gasteiger partial charge in [0.25, 0.3) is 15.9 Å². The number of furan rings is 1. The van der Waals surface area contributed by atoms with Crippen molar-refractivity contribution in [3.8, 4) is 0 Å². The smallest absolute Gasteiger partial charge is 0.261 e. The molecule has 0 fully saturated rings. The highest BCUT2D eigenvalue weighted by atomic mass is 79.9. The molecule has 1 heterocycles. The number of nitrogens with zero attached hydrogens (tertiary/aromatic N) is 1. The maximum absolute atomic E-state index is 12.6. The average molecular weight is 449 g/mol. The van der Waals surface area contributed by atoms with E-state index >= 15 is 0 Å². The zero-order valence-electron chi connectivity index (χ0n) is 14.4. The second kappa shape index (κ2) is 7.98. The minimum Gasteiger partial charge on any atom is -0.467 e. The molecule has 3 aromatic rings. The van der Waals surface area contributed by atoms with Crippen molar-refractivity contribution >= 4 is 37.5 Å². The molecule has 0 saturated carbocycles. The van der Waals surface area contributed by atoms with Crippen LogP contribution in [0.5, 0.6) is 0 Å². The molecule has 0 atom stereocenters. The Morgan fingerprint density at radius 2 is 1.85 bits per heavy atom. The van der Waals surface area contributed by atoms with E-state index in [-0.39, 0.29) is 10.8 Å². The van der Waals surface area contributed by atoms with Crippen molar-refractivity contribution < 1.29 is 17.6 Å². The normalized spacial score (nSPS) is 11.2. The van der Waals surface area contributed by atoms with E-state index in [4.69, 9.17) is 4.42 Å². The van der Waals surface area contributed by atoms with Crippen LogP contribution in [0.4, 0.5) is 5.69 Å². The number of sulfonamides is 1. The minimum absolute atomic E-state index is 0.136. The SMILES string of the molecule is CN(Cc1ccco1)C(=O)c1cccc(NS(=O)(=O)c2ccc(Br)cc2)c1. The largest absolute Gasteiger partial charge is 0.467 e. The summed E-state index contributed by atoms with van der Waals surface area (Å²) in [4.78, 5) is 14.2. The van der Waals surface area contributed by atoms with E-state index in [1.54, 1.807) is 55.8 Å². The molecule has 1 aromatic heterocycles. The number of hydrogen-bond donors (Lipinski definition) is 1. The summed E-state index contributed by atoms with van der Waals surface area (Å²) < 4.78 is 33.5. The zero-order chi connectivity index (χ0) is 19.4.